The van der Waals surface area contributed by atoms with Crippen LogP contribution >= 0.6 is 0 Å². The van der Waals surface area contributed by atoms with Gasteiger partial charge in [0.05, 0.1) is 6.07 Å². The number of aromatic hydroxyl groups is 2. The van der Waals surface area contributed by atoms with Crippen molar-refractivity contribution in [2.24, 2.45) is 0 Å². The van der Waals surface area contributed by atoms with Crippen LogP contribution in [0, 0.1) is 11.3 Å². The van der Waals surface area contributed by atoms with E-state index in [1.165, 1.54) is 24.3 Å². The molecule has 2 aromatic carbocycles. The first-order valence-electron chi connectivity index (χ1n) is 13.0. The zero-order valence-electron chi connectivity index (χ0n) is 22.9. The zero-order valence-corrected chi connectivity index (χ0v) is 22.9. The van der Waals surface area contributed by atoms with Crippen LogP contribution in [0.5, 0.6) is 11.5 Å². The molecule has 3 amide bonds. The number of nitriles is 1. The summed E-state index contributed by atoms with van der Waals surface area (Å²) >= 11 is 0. The highest BCUT2D eigenvalue weighted by Crippen LogP contribution is 2.26. The van der Waals surface area contributed by atoms with Crippen molar-refractivity contribution < 1.29 is 29.3 Å². The second-order valence-electron chi connectivity index (χ2n) is 10.2. The predicted molar refractivity (Wildman–Crippen MR) is 146 cm³/mol. The third kappa shape index (κ3) is 10.2. The summed E-state index contributed by atoms with van der Waals surface area (Å²) in [6.45, 7) is 7.02. The summed E-state index contributed by atoms with van der Waals surface area (Å²) in [6, 6.07) is 11.6. The summed E-state index contributed by atoms with van der Waals surface area (Å²) in [6.07, 6.45) is 1.78. The quantitative estimate of drug-likeness (QED) is 0.236. The maximum atomic E-state index is 14.0. The van der Waals surface area contributed by atoms with Crippen molar-refractivity contribution in [3.05, 3.63) is 59.7 Å². The van der Waals surface area contributed by atoms with Crippen molar-refractivity contribution in [1.29, 1.82) is 5.26 Å². The molecule has 0 aromatic heterocycles. The lowest BCUT2D eigenvalue weighted by Gasteiger charge is -2.33. The summed E-state index contributed by atoms with van der Waals surface area (Å²) in [5.41, 5.74) is 0.106. The van der Waals surface area contributed by atoms with Crippen molar-refractivity contribution in [3.8, 4) is 17.6 Å². The van der Waals surface area contributed by atoms with Crippen LogP contribution < -0.4 is 10.6 Å². The first kappa shape index (κ1) is 31.0. The second-order valence-corrected chi connectivity index (χ2v) is 10.2. The van der Waals surface area contributed by atoms with Gasteiger partial charge in [-0.1, -0.05) is 44.0 Å². The number of phenolic OH excluding ortho intramolecular Hbond substituents is 2. The highest BCUT2D eigenvalue weighted by atomic mass is 16.6. The van der Waals surface area contributed by atoms with Gasteiger partial charge >= 0.3 is 6.09 Å². The Hall–Kier alpha value is -4.26. The summed E-state index contributed by atoms with van der Waals surface area (Å²) in [7, 11) is 0. The Labute approximate surface area is 229 Å². The van der Waals surface area contributed by atoms with Gasteiger partial charge in [-0.3, -0.25) is 9.59 Å². The van der Waals surface area contributed by atoms with E-state index in [1.54, 1.807) is 45.0 Å². The van der Waals surface area contributed by atoms with Gasteiger partial charge in [0.1, 0.15) is 35.7 Å². The maximum Gasteiger partial charge on any atom is 0.408 e. The lowest BCUT2D eigenvalue weighted by Crippen LogP contribution is -2.54. The molecule has 2 rings (SSSR count). The fraction of sp³-hybridized carbons (Fsp3) is 0.448. The Morgan fingerprint density at radius 3 is 2.33 bits per heavy atom. The third-order valence-corrected chi connectivity index (χ3v) is 5.71. The van der Waals surface area contributed by atoms with Crippen LogP contribution in [-0.2, 0) is 20.7 Å². The molecule has 0 fully saturated rings. The number of hydrogen-bond donors (Lipinski definition) is 4. The third-order valence-electron chi connectivity index (χ3n) is 5.71. The summed E-state index contributed by atoms with van der Waals surface area (Å²) in [5, 5.41) is 34.8. The second kappa shape index (κ2) is 14.6. The molecule has 39 heavy (non-hydrogen) atoms. The molecule has 0 bridgehead atoms. The SMILES string of the molecule is CCCCCNC(=O)C(c1cccc(O)c1)N(CC#N)C(=O)C(Cc1ccc(O)cc1)NC(=O)OC(C)(C)C. The fourth-order valence-corrected chi connectivity index (χ4v) is 3.94. The first-order chi connectivity index (χ1) is 18.4. The van der Waals surface area contributed by atoms with Crippen LogP contribution in [-0.4, -0.2) is 57.8 Å². The molecule has 2 unspecified atom stereocenters. The number of hydrogen-bond acceptors (Lipinski definition) is 7. The van der Waals surface area contributed by atoms with E-state index in [-0.39, 0.29) is 17.9 Å². The highest BCUT2D eigenvalue weighted by Gasteiger charge is 2.36. The van der Waals surface area contributed by atoms with Gasteiger partial charge in [0.25, 0.3) is 0 Å². The molecule has 0 radical (unpaired) electrons. The number of carbonyl (C=O) groups is 3. The molecule has 0 saturated carbocycles. The summed E-state index contributed by atoms with van der Waals surface area (Å²) in [5.74, 6) is -1.27. The van der Waals surface area contributed by atoms with Gasteiger partial charge in [0, 0.05) is 13.0 Å². The number of carbonyl (C=O) groups excluding carboxylic acids is 3. The number of amides is 3. The van der Waals surface area contributed by atoms with Crippen LogP contribution in [0.3, 0.4) is 0 Å². The van der Waals surface area contributed by atoms with Crippen molar-refractivity contribution in [1.82, 2.24) is 15.5 Å². The van der Waals surface area contributed by atoms with E-state index in [9.17, 15) is 29.9 Å². The van der Waals surface area contributed by atoms with Crippen LogP contribution in [0.25, 0.3) is 0 Å². The molecule has 0 aliphatic heterocycles. The minimum absolute atomic E-state index is 0.00512. The number of phenols is 2. The number of ether oxygens (including phenoxy) is 1. The Kier molecular flexibility index (Phi) is 11.6. The zero-order chi connectivity index (χ0) is 29.0. The Bertz CT molecular complexity index is 1150. The minimum atomic E-state index is -1.24. The molecule has 0 heterocycles. The monoisotopic (exact) mass is 538 g/mol. The molecule has 0 spiro atoms. The maximum absolute atomic E-state index is 14.0. The fourth-order valence-electron chi connectivity index (χ4n) is 3.94. The number of nitrogens with one attached hydrogen (secondary N) is 2. The smallest absolute Gasteiger partial charge is 0.408 e. The Morgan fingerprint density at radius 1 is 1.05 bits per heavy atom. The van der Waals surface area contributed by atoms with Crippen molar-refractivity contribution in [2.45, 2.75) is 71.1 Å². The van der Waals surface area contributed by atoms with Crippen LogP contribution in [0.4, 0.5) is 4.79 Å². The number of nitrogens with zero attached hydrogens (tertiary/aromatic N) is 2. The lowest BCUT2D eigenvalue weighted by atomic mass is 10.00. The molecule has 0 aliphatic carbocycles. The van der Waals surface area contributed by atoms with E-state index in [1.807, 2.05) is 13.0 Å². The van der Waals surface area contributed by atoms with Crippen molar-refractivity contribution in [2.75, 3.05) is 13.1 Å². The molecule has 210 valence electrons. The predicted octanol–water partition coefficient (Wildman–Crippen LogP) is 3.93. The molecule has 2 aromatic rings. The minimum Gasteiger partial charge on any atom is -0.508 e. The van der Waals surface area contributed by atoms with E-state index >= 15 is 0 Å². The van der Waals surface area contributed by atoms with E-state index in [2.05, 4.69) is 10.6 Å². The number of unbranched alkanes of at least 4 members (excludes halogenated alkanes) is 2. The largest absolute Gasteiger partial charge is 0.508 e. The Balaban J connectivity index is 2.48. The van der Waals surface area contributed by atoms with Gasteiger partial charge in [-0.15, -0.1) is 0 Å². The van der Waals surface area contributed by atoms with Gasteiger partial charge in [0.2, 0.25) is 11.8 Å². The number of alkyl carbamates (subject to hydrolysis) is 1. The normalized spacial score (nSPS) is 12.5. The molecular weight excluding hydrogens is 500 g/mol. The van der Waals surface area contributed by atoms with Crippen LogP contribution in [0.15, 0.2) is 48.5 Å². The molecule has 4 N–H and O–H groups in total. The number of benzene rings is 2. The molecule has 10 nitrogen and oxygen atoms in total. The van der Waals surface area contributed by atoms with Gasteiger partial charge in [-0.2, -0.15) is 5.26 Å². The van der Waals surface area contributed by atoms with E-state index in [4.69, 9.17) is 4.74 Å². The average molecular weight is 539 g/mol. The molecule has 2 atom stereocenters. The van der Waals surface area contributed by atoms with Gasteiger partial charge in [-0.05, 0) is 62.6 Å². The standard InChI is InChI=1S/C29H38N4O6/c1-5-6-7-16-31-26(36)25(21-9-8-10-23(35)19-21)33(17-15-30)27(37)24(32-28(38)39-29(2,3)4)18-20-11-13-22(34)14-12-20/h8-14,19,24-25,34-35H,5-7,16-18H2,1-4H3,(H,31,36)(H,32,38). The molecule has 10 heteroatoms. The van der Waals surface area contributed by atoms with E-state index < -0.39 is 42.1 Å². The average Bonchev–Trinajstić information content (AvgIpc) is 2.86. The van der Waals surface area contributed by atoms with E-state index in [0.717, 1.165) is 24.2 Å². The molecular formula is C29H38N4O6. The molecule has 0 aliphatic rings. The lowest BCUT2D eigenvalue weighted by molar-refractivity contribution is -0.141. The van der Waals surface area contributed by atoms with Crippen molar-refractivity contribution in [3.63, 3.8) is 0 Å². The summed E-state index contributed by atoms with van der Waals surface area (Å²) in [4.78, 5) is 41.2. The first-order valence-corrected chi connectivity index (χ1v) is 13.0. The van der Waals surface area contributed by atoms with Gasteiger partial charge in [-0.25, -0.2) is 4.79 Å². The topological polar surface area (TPSA) is 152 Å². The van der Waals surface area contributed by atoms with Crippen LogP contribution in [0.1, 0.15) is 64.1 Å². The van der Waals surface area contributed by atoms with E-state index in [0.29, 0.717) is 17.7 Å². The van der Waals surface area contributed by atoms with Gasteiger partial charge in [0.15, 0.2) is 0 Å². The highest BCUT2D eigenvalue weighted by molar-refractivity contribution is 5.92. The number of rotatable bonds is 12. The van der Waals surface area contributed by atoms with Crippen LogP contribution in [0.2, 0.25) is 0 Å². The summed E-state index contributed by atoms with van der Waals surface area (Å²) < 4.78 is 5.36. The Morgan fingerprint density at radius 2 is 1.74 bits per heavy atom. The van der Waals surface area contributed by atoms with Crippen molar-refractivity contribution >= 4 is 17.9 Å². The molecule has 0 saturated heterocycles. The van der Waals surface area contributed by atoms with Gasteiger partial charge < -0.3 is 30.5 Å².